The Bertz CT molecular complexity index is 862. The largest absolute Gasteiger partial charge is 0.416 e. The number of hydrogen-bond acceptors (Lipinski definition) is 3. The normalized spacial score (nSPS) is 12.6. The lowest BCUT2D eigenvalue weighted by Crippen LogP contribution is -2.32. The maximum atomic E-state index is 13.0. The highest BCUT2D eigenvalue weighted by Gasteiger charge is 2.31. The zero-order valence-electron chi connectivity index (χ0n) is 15.6. The molecule has 0 bridgehead atoms. The van der Waals surface area contributed by atoms with Gasteiger partial charge in [0.25, 0.3) is 11.8 Å². The first-order valence-electron chi connectivity index (χ1n) is 8.57. The van der Waals surface area contributed by atoms with Gasteiger partial charge in [0.1, 0.15) is 0 Å². The molecule has 0 saturated carbocycles. The van der Waals surface area contributed by atoms with Gasteiger partial charge >= 0.3 is 6.18 Å². The van der Waals surface area contributed by atoms with Crippen molar-refractivity contribution < 1.29 is 28.0 Å². The molecule has 5 nitrogen and oxygen atoms in total. The number of aryl methyl sites for hydroxylation is 1. The molecule has 2 amide bonds. The van der Waals surface area contributed by atoms with Gasteiger partial charge in [-0.2, -0.15) is 13.2 Å². The smallest absolute Gasteiger partial charge is 0.345 e. The predicted octanol–water partition coefficient (Wildman–Crippen LogP) is 4.26. The van der Waals surface area contributed by atoms with E-state index in [4.69, 9.17) is 5.21 Å². The summed E-state index contributed by atoms with van der Waals surface area (Å²) in [6.45, 7) is 5.29. The molecule has 8 heteroatoms. The molecule has 150 valence electrons. The van der Waals surface area contributed by atoms with Gasteiger partial charge in [-0.05, 0) is 48.2 Å². The highest BCUT2D eigenvalue weighted by atomic mass is 19.4. The van der Waals surface area contributed by atoms with Gasteiger partial charge in [-0.3, -0.25) is 14.8 Å². The second kappa shape index (κ2) is 8.43. The lowest BCUT2D eigenvalue weighted by atomic mass is 9.94. The van der Waals surface area contributed by atoms with Gasteiger partial charge in [0.05, 0.1) is 11.6 Å². The zero-order chi connectivity index (χ0) is 21.1. The molecule has 0 aliphatic rings. The molecular formula is C20H21F3N2O3. The number of halogens is 3. The molecule has 0 fully saturated rings. The number of benzene rings is 2. The quantitative estimate of drug-likeness (QED) is 0.524. The van der Waals surface area contributed by atoms with E-state index in [1.165, 1.54) is 23.7 Å². The molecule has 0 aromatic heterocycles. The minimum absolute atomic E-state index is 0.0447. The summed E-state index contributed by atoms with van der Waals surface area (Å²) in [5.41, 5.74) is 1.95. The molecule has 0 spiro atoms. The molecule has 2 rings (SSSR count). The lowest BCUT2D eigenvalue weighted by Gasteiger charge is -2.24. The Morgan fingerprint density at radius 2 is 1.61 bits per heavy atom. The van der Waals surface area contributed by atoms with Gasteiger partial charge in [-0.25, -0.2) is 5.48 Å². The Hall–Kier alpha value is -2.87. The van der Waals surface area contributed by atoms with Crippen molar-refractivity contribution in [2.45, 2.75) is 33.0 Å². The van der Waals surface area contributed by atoms with Crippen LogP contribution in [-0.2, 0) is 6.18 Å². The molecule has 0 aliphatic heterocycles. The summed E-state index contributed by atoms with van der Waals surface area (Å²) >= 11 is 0. The summed E-state index contributed by atoms with van der Waals surface area (Å²) in [6.07, 6.45) is -4.54. The topological polar surface area (TPSA) is 78.4 Å². The summed E-state index contributed by atoms with van der Waals surface area (Å²) in [7, 11) is 0. The van der Waals surface area contributed by atoms with Gasteiger partial charge in [0, 0.05) is 11.1 Å². The first kappa shape index (κ1) is 21.4. The van der Waals surface area contributed by atoms with Crippen LogP contribution in [0.4, 0.5) is 13.2 Å². The van der Waals surface area contributed by atoms with E-state index in [1.54, 1.807) is 19.1 Å². The van der Waals surface area contributed by atoms with Crippen LogP contribution >= 0.6 is 0 Å². The highest BCUT2D eigenvalue weighted by molar-refractivity contribution is 5.96. The average molecular weight is 394 g/mol. The molecule has 3 N–H and O–H groups in total. The number of hydrogen-bond donors (Lipinski definition) is 3. The molecule has 0 aliphatic carbocycles. The highest BCUT2D eigenvalue weighted by Crippen LogP contribution is 2.31. The molecule has 0 saturated heterocycles. The van der Waals surface area contributed by atoms with Gasteiger partial charge < -0.3 is 5.32 Å². The van der Waals surface area contributed by atoms with Gasteiger partial charge in [0.15, 0.2) is 0 Å². The summed E-state index contributed by atoms with van der Waals surface area (Å²) in [5, 5.41) is 11.4. The van der Waals surface area contributed by atoms with E-state index in [0.717, 1.165) is 12.1 Å². The summed E-state index contributed by atoms with van der Waals surface area (Å²) in [6, 6.07) is 8.78. The number of amides is 2. The average Bonchev–Trinajstić information content (AvgIpc) is 2.64. The number of carbonyl (C=O) groups excluding carboxylic acids is 2. The van der Waals surface area contributed by atoms with Gasteiger partial charge in [-0.15, -0.1) is 0 Å². The van der Waals surface area contributed by atoms with Crippen molar-refractivity contribution in [3.63, 3.8) is 0 Å². The summed E-state index contributed by atoms with van der Waals surface area (Å²) < 4.78 is 38.9. The van der Waals surface area contributed by atoms with E-state index >= 15 is 0 Å². The third-order valence-electron chi connectivity index (χ3n) is 4.40. The van der Waals surface area contributed by atoms with E-state index < -0.39 is 29.6 Å². The van der Waals surface area contributed by atoms with E-state index in [-0.39, 0.29) is 17.0 Å². The number of carbonyl (C=O) groups is 2. The van der Waals surface area contributed by atoms with Crippen LogP contribution in [-0.4, -0.2) is 17.0 Å². The monoisotopic (exact) mass is 394 g/mol. The van der Waals surface area contributed by atoms with Crippen LogP contribution in [0.2, 0.25) is 0 Å². The van der Waals surface area contributed by atoms with Crippen molar-refractivity contribution in [2.75, 3.05) is 0 Å². The Labute approximate surface area is 160 Å². The van der Waals surface area contributed by atoms with Gasteiger partial charge in [-0.1, -0.05) is 32.0 Å². The minimum Gasteiger partial charge on any atom is -0.345 e. The first-order chi connectivity index (χ1) is 13.0. The maximum absolute atomic E-state index is 13.0. The fourth-order valence-corrected chi connectivity index (χ4v) is 2.80. The standard InChI is InChI=1S/C20H21F3N2O3/c1-11(2)17(13-5-7-14(8-6-13)18(26)25-28)24-19(27)16-10-15(20(21,22)23)9-4-12(16)3/h4-11,17,28H,1-3H3,(H,24,27)(H,25,26). The fourth-order valence-electron chi connectivity index (χ4n) is 2.80. The molecule has 0 radical (unpaired) electrons. The number of nitrogens with one attached hydrogen (secondary N) is 2. The second-order valence-electron chi connectivity index (χ2n) is 6.79. The van der Waals surface area contributed by atoms with Crippen LogP contribution in [0.3, 0.4) is 0 Å². The molecule has 28 heavy (non-hydrogen) atoms. The summed E-state index contributed by atoms with van der Waals surface area (Å²) in [5.74, 6) is -1.34. The van der Waals surface area contributed by atoms with Crippen LogP contribution in [0, 0.1) is 12.8 Å². The number of hydroxylamine groups is 1. The van der Waals surface area contributed by atoms with Crippen molar-refractivity contribution in [1.82, 2.24) is 10.8 Å². The predicted molar refractivity (Wildman–Crippen MR) is 96.9 cm³/mol. The molecule has 0 heterocycles. The number of rotatable bonds is 5. The minimum atomic E-state index is -4.54. The van der Waals surface area contributed by atoms with Crippen molar-refractivity contribution in [3.8, 4) is 0 Å². The third-order valence-corrected chi connectivity index (χ3v) is 4.40. The van der Waals surface area contributed by atoms with Crippen molar-refractivity contribution in [3.05, 3.63) is 70.3 Å². The van der Waals surface area contributed by atoms with Crippen LogP contribution in [0.1, 0.15) is 57.3 Å². The van der Waals surface area contributed by atoms with Crippen molar-refractivity contribution in [1.29, 1.82) is 0 Å². The zero-order valence-corrected chi connectivity index (χ0v) is 15.6. The van der Waals surface area contributed by atoms with E-state index in [0.29, 0.717) is 11.1 Å². The fraction of sp³-hybridized carbons (Fsp3) is 0.300. The Morgan fingerprint density at radius 3 is 2.11 bits per heavy atom. The van der Waals surface area contributed by atoms with E-state index in [1.807, 2.05) is 13.8 Å². The van der Waals surface area contributed by atoms with Crippen LogP contribution in [0.25, 0.3) is 0 Å². The second-order valence-corrected chi connectivity index (χ2v) is 6.79. The van der Waals surface area contributed by atoms with E-state index in [9.17, 15) is 22.8 Å². The molecule has 1 atom stereocenters. The first-order valence-corrected chi connectivity index (χ1v) is 8.57. The molecule has 2 aromatic carbocycles. The maximum Gasteiger partial charge on any atom is 0.416 e. The van der Waals surface area contributed by atoms with Crippen molar-refractivity contribution >= 4 is 11.8 Å². The lowest BCUT2D eigenvalue weighted by molar-refractivity contribution is -0.137. The molecule has 1 unspecified atom stereocenters. The van der Waals surface area contributed by atoms with Gasteiger partial charge in [0.2, 0.25) is 0 Å². The molecule has 2 aromatic rings. The Morgan fingerprint density at radius 1 is 1.00 bits per heavy atom. The van der Waals surface area contributed by atoms with Crippen molar-refractivity contribution in [2.24, 2.45) is 5.92 Å². The van der Waals surface area contributed by atoms with Crippen LogP contribution in [0.5, 0.6) is 0 Å². The van der Waals surface area contributed by atoms with E-state index in [2.05, 4.69) is 5.32 Å². The van der Waals surface area contributed by atoms with Crippen LogP contribution in [0.15, 0.2) is 42.5 Å². The third kappa shape index (κ3) is 4.89. The SMILES string of the molecule is Cc1ccc(C(F)(F)F)cc1C(=O)NC(c1ccc(C(=O)NO)cc1)C(C)C. The Kier molecular flexibility index (Phi) is 6.45. The summed E-state index contributed by atoms with van der Waals surface area (Å²) in [4.78, 5) is 24.1. The van der Waals surface area contributed by atoms with Crippen LogP contribution < -0.4 is 10.8 Å². The Balaban J connectivity index is 2.30. The molecular weight excluding hydrogens is 373 g/mol. The number of alkyl halides is 3.